The number of ketones is 1. The summed E-state index contributed by atoms with van der Waals surface area (Å²) in [5.41, 5.74) is 9.22. The van der Waals surface area contributed by atoms with E-state index in [0.717, 1.165) is 23.1 Å². The van der Waals surface area contributed by atoms with Crippen molar-refractivity contribution in [2.45, 2.75) is 60.8 Å². The Morgan fingerprint density at radius 2 is 1.17 bits per heavy atom. The zero-order valence-electron chi connectivity index (χ0n) is 15.5. The van der Waals surface area contributed by atoms with Crippen LogP contribution in [0.15, 0.2) is 24.3 Å². The van der Waals surface area contributed by atoms with Crippen LogP contribution < -0.4 is 0 Å². The molecular weight excluding hydrogens is 280 g/mol. The van der Waals surface area contributed by atoms with Crippen LogP contribution in [0, 0.1) is 41.5 Å². The van der Waals surface area contributed by atoms with Crippen LogP contribution in [0.3, 0.4) is 0 Å². The Morgan fingerprint density at radius 1 is 0.783 bits per heavy atom. The molecule has 0 saturated heterocycles. The van der Waals surface area contributed by atoms with Gasteiger partial charge < -0.3 is 0 Å². The first-order valence-corrected chi connectivity index (χ1v) is 8.46. The van der Waals surface area contributed by atoms with Gasteiger partial charge in [0, 0.05) is 11.5 Å². The number of benzene rings is 2. The van der Waals surface area contributed by atoms with E-state index in [-0.39, 0.29) is 11.7 Å². The fourth-order valence-electron chi connectivity index (χ4n) is 4.00. The molecule has 0 aliphatic carbocycles. The molecule has 1 unspecified atom stereocenters. The molecule has 0 aliphatic rings. The second kappa shape index (κ2) is 6.70. The highest BCUT2D eigenvalue weighted by molar-refractivity contribution is 6.03. The predicted octanol–water partition coefficient (Wildman–Crippen LogP) is 5.91. The zero-order valence-corrected chi connectivity index (χ0v) is 15.5. The second-order valence-electron chi connectivity index (χ2n) is 6.91. The van der Waals surface area contributed by atoms with Crippen LogP contribution in [0.1, 0.15) is 68.6 Å². The van der Waals surface area contributed by atoms with Gasteiger partial charge in [-0.05, 0) is 75.8 Å². The third kappa shape index (κ3) is 3.39. The maximum Gasteiger partial charge on any atom is 0.170 e. The lowest BCUT2D eigenvalue weighted by atomic mass is 9.81. The lowest BCUT2D eigenvalue weighted by Gasteiger charge is -2.22. The van der Waals surface area contributed by atoms with E-state index in [0.29, 0.717) is 0 Å². The van der Waals surface area contributed by atoms with Crippen LogP contribution in [-0.2, 0) is 0 Å². The van der Waals surface area contributed by atoms with Gasteiger partial charge in [-0.25, -0.2) is 0 Å². The summed E-state index contributed by atoms with van der Waals surface area (Å²) in [6.07, 6.45) is 0.830. The van der Waals surface area contributed by atoms with E-state index in [1.807, 2.05) is 0 Å². The summed E-state index contributed by atoms with van der Waals surface area (Å²) >= 11 is 0. The van der Waals surface area contributed by atoms with Crippen LogP contribution >= 0.6 is 0 Å². The highest BCUT2D eigenvalue weighted by Gasteiger charge is 2.26. The quantitative estimate of drug-likeness (QED) is 0.641. The predicted molar refractivity (Wildman–Crippen MR) is 98.7 cm³/mol. The second-order valence-corrected chi connectivity index (χ2v) is 6.91. The van der Waals surface area contributed by atoms with E-state index in [2.05, 4.69) is 72.7 Å². The molecule has 1 nitrogen and oxygen atoms in total. The Kier molecular flexibility index (Phi) is 5.09. The van der Waals surface area contributed by atoms with Crippen LogP contribution in [0.25, 0.3) is 0 Å². The Labute approximate surface area is 140 Å². The standard InChI is InChI=1S/C22H28O/c1-8-19(20-15(4)9-13(2)10-16(20)5)22(23)21-17(6)11-14(3)12-18(21)7/h9-12,19H,8H2,1-7H3. The first-order chi connectivity index (χ1) is 10.8. The van der Waals surface area contributed by atoms with Crippen molar-refractivity contribution in [3.63, 3.8) is 0 Å². The van der Waals surface area contributed by atoms with E-state index >= 15 is 0 Å². The molecule has 0 aromatic heterocycles. The van der Waals surface area contributed by atoms with Gasteiger partial charge in [-0.3, -0.25) is 4.79 Å². The molecule has 2 aromatic carbocycles. The molecule has 1 atom stereocenters. The maximum absolute atomic E-state index is 13.3. The molecule has 0 radical (unpaired) electrons. The molecule has 0 aliphatic heterocycles. The Bertz CT molecular complexity index is 707. The molecule has 0 spiro atoms. The van der Waals surface area contributed by atoms with Gasteiger partial charge in [-0.15, -0.1) is 0 Å². The normalized spacial score (nSPS) is 12.3. The molecule has 0 amide bonds. The van der Waals surface area contributed by atoms with Crippen molar-refractivity contribution in [1.29, 1.82) is 0 Å². The average Bonchev–Trinajstić information content (AvgIpc) is 2.41. The maximum atomic E-state index is 13.3. The summed E-state index contributed by atoms with van der Waals surface area (Å²) in [7, 11) is 0. The molecule has 0 saturated carbocycles. The van der Waals surface area contributed by atoms with Gasteiger partial charge in [0.1, 0.15) is 0 Å². The molecular formula is C22H28O. The van der Waals surface area contributed by atoms with Crippen LogP contribution in [0.5, 0.6) is 0 Å². The van der Waals surface area contributed by atoms with Gasteiger partial charge in [0.05, 0.1) is 0 Å². The SMILES string of the molecule is CCC(C(=O)c1c(C)cc(C)cc1C)c1c(C)cc(C)cc1C. The van der Waals surface area contributed by atoms with Crippen LogP contribution in [0.2, 0.25) is 0 Å². The number of hydrogen-bond donors (Lipinski definition) is 0. The fraction of sp³-hybridized carbons (Fsp3) is 0.409. The lowest BCUT2D eigenvalue weighted by molar-refractivity contribution is 0.0955. The molecule has 2 rings (SSSR count). The minimum atomic E-state index is -0.0595. The van der Waals surface area contributed by atoms with E-state index in [1.54, 1.807) is 0 Å². The smallest absolute Gasteiger partial charge is 0.170 e. The number of aryl methyl sites for hydroxylation is 6. The monoisotopic (exact) mass is 308 g/mol. The van der Waals surface area contributed by atoms with Crippen molar-refractivity contribution < 1.29 is 4.79 Å². The van der Waals surface area contributed by atoms with E-state index in [9.17, 15) is 4.79 Å². The number of carbonyl (C=O) groups excluding carboxylic acids is 1. The van der Waals surface area contributed by atoms with Crippen molar-refractivity contribution in [3.8, 4) is 0 Å². The Balaban J connectivity index is 2.57. The van der Waals surface area contributed by atoms with Gasteiger partial charge >= 0.3 is 0 Å². The number of Topliss-reactive ketones (excluding diaryl/α,β-unsaturated/α-hetero) is 1. The highest BCUT2D eigenvalue weighted by Crippen LogP contribution is 2.32. The molecule has 0 fully saturated rings. The molecule has 122 valence electrons. The van der Waals surface area contributed by atoms with Crippen molar-refractivity contribution in [3.05, 3.63) is 68.8 Å². The molecule has 0 N–H and O–H groups in total. The summed E-state index contributed by atoms with van der Waals surface area (Å²) in [6.45, 7) is 14.7. The van der Waals surface area contributed by atoms with Crippen LogP contribution in [-0.4, -0.2) is 5.78 Å². The van der Waals surface area contributed by atoms with Gasteiger partial charge in [0.25, 0.3) is 0 Å². The first-order valence-electron chi connectivity index (χ1n) is 8.46. The number of rotatable bonds is 4. The van der Waals surface area contributed by atoms with Crippen molar-refractivity contribution in [2.75, 3.05) is 0 Å². The van der Waals surface area contributed by atoms with Crippen LogP contribution in [0.4, 0.5) is 0 Å². The Hall–Kier alpha value is -1.89. The number of hydrogen-bond acceptors (Lipinski definition) is 1. The minimum absolute atomic E-state index is 0.0595. The van der Waals surface area contributed by atoms with Gasteiger partial charge in [-0.2, -0.15) is 0 Å². The third-order valence-electron chi connectivity index (χ3n) is 4.73. The average molecular weight is 308 g/mol. The number of carbonyl (C=O) groups is 1. The van der Waals surface area contributed by atoms with Crippen molar-refractivity contribution in [2.24, 2.45) is 0 Å². The Morgan fingerprint density at radius 3 is 1.57 bits per heavy atom. The topological polar surface area (TPSA) is 17.1 Å². The molecule has 2 aromatic rings. The molecule has 23 heavy (non-hydrogen) atoms. The zero-order chi connectivity index (χ0) is 17.3. The minimum Gasteiger partial charge on any atom is -0.293 e. The summed E-state index contributed by atoms with van der Waals surface area (Å²) in [6, 6.07) is 8.60. The lowest BCUT2D eigenvalue weighted by Crippen LogP contribution is -2.17. The largest absolute Gasteiger partial charge is 0.293 e. The molecule has 0 heterocycles. The van der Waals surface area contributed by atoms with Crippen molar-refractivity contribution >= 4 is 5.78 Å². The summed E-state index contributed by atoms with van der Waals surface area (Å²) in [5, 5.41) is 0. The summed E-state index contributed by atoms with van der Waals surface area (Å²) in [5.74, 6) is 0.202. The first kappa shape index (κ1) is 17.5. The van der Waals surface area contributed by atoms with E-state index in [4.69, 9.17) is 0 Å². The van der Waals surface area contributed by atoms with E-state index < -0.39 is 0 Å². The van der Waals surface area contributed by atoms with Gasteiger partial charge in [0.15, 0.2) is 5.78 Å². The fourth-order valence-corrected chi connectivity index (χ4v) is 4.00. The van der Waals surface area contributed by atoms with Crippen molar-refractivity contribution in [1.82, 2.24) is 0 Å². The third-order valence-corrected chi connectivity index (χ3v) is 4.73. The van der Waals surface area contributed by atoms with Gasteiger partial charge in [0.2, 0.25) is 0 Å². The molecule has 1 heteroatoms. The summed E-state index contributed by atoms with van der Waals surface area (Å²) in [4.78, 5) is 13.3. The van der Waals surface area contributed by atoms with E-state index in [1.165, 1.54) is 27.8 Å². The summed E-state index contributed by atoms with van der Waals surface area (Å²) < 4.78 is 0. The molecule has 0 bridgehead atoms. The highest BCUT2D eigenvalue weighted by atomic mass is 16.1. The van der Waals surface area contributed by atoms with Gasteiger partial charge in [-0.1, -0.05) is 42.3 Å².